The van der Waals surface area contributed by atoms with Gasteiger partial charge in [-0.2, -0.15) is 0 Å². The molecule has 0 nitrogen and oxygen atoms in total. The Labute approximate surface area is 399 Å². The first-order chi connectivity index (χ1) is 33.2. The van der Waals surface area contributed by atoms with E-state index in [1.165, 1.54) is 133 Å². The van der Waals surface area contributed by atoms with Crippen LogP contribution in [0.2, 0.25) is 0 Å². The third-order valence-electron chi connectivity index (χ3n) is 15.5. The second kappa shape index (κ2) is 15.2. The zero-order chi connectivity index (χ0) is 45.7. The Bertz CT molecular complexity index is 3570. The summed E-state index contributed by atoms with van der Waals surface area (Å²) in [6.45, 7) is 9.57. The maximum Gasteiger partial charge on any atom is 0.0159 e. The van der Waals surface area contributed by atoms with E-state index in [0.29, 0.717) is 0 Å². The first-order valence-electron chi connectivity index (χ1n) is 24.1. The second-order valence-corrected chi connectivity index (χ2v) is 20.0. The highest BCUT2D eigenvalue weighted by Gasteiger charge is 2.37. The molecule has 0 heteroatoms. The molecular weight excluding hydrogens is 817 g/mol. The maximum absolute atomic E-state index is 2.45. The van der Waals surface area contributed by atoms with Crippen molar-refractivity contribution >= 4 is 21.5 Å². The third-order valence-corrected chi connectivity index (χ3v) is 15.5. The lowest BCUT2D eigenvalue weighted by Crippen LogP contribution is -2.15. The predicted octanol–water partition coefficient (Wildman–Crippen LogP) is 18.6. The largest absolute Gasteiger partial charge is 0.0616 e. The van der Waals surface area contributed by atoms with Gasteiger partial charge in [0.15, 0.2) is 0 Å². The monoisotopic (exact) mass is 866 g/mol. The molecule has 0 bridgehead atoms. The van der Waals surface area contributed by atoms with Gasteiger partial charge in [-0.15, -0.1) is 0 Å². The minimum atomic E-state index is -0.152. The molecule has 11 aromatic rings. The summed E-state index contributed by atoms with van der Waals surface area (Å²) in [5.74, 6) is 0. The predicted molar refractivity (Wildman–Crippen MR) is 289 cm³/mol. The van der Waals surface area contributed by atoms with Gasteiger partial charge >= 0.3 is 0 Å². The number of rotatable bonds is 6. The number of hydrogen-bond acceptors (Lipinski definition) is 0. The van der Waals surface area contributed by atoms with E-state index in [-0.39, 0.29) is 10.8 Å². The van der Waals surface area contributed by atoms with Crippen molar-refractivity contribution in [3.05, 3.63) is 253 Å². The highest BCUT2D eigenvalue weighted by atomic mass is 14.4. The van der Waals surface area contributed by atoms with Crippen LogP contribution in [-0.2, 0) is 10.8 Å². The molecule has 0 radical (unpaired) electrons. The van der Waals surface area contributed by atoms with Crippen LogP contribution in [0.3, 0.4) is 0 Å². The van der Waals surface area contributed by atoms with Crippen molar-refractivity contribution in [3.8, 4) is 89.0 Å². The van der Waals surface area contributed by atoms with Gasteiger partial charge < -0.3 is 0 Å². The average molecular weight is 867 g/mol. The Hall–Kier alpha value is -8.06. The van der Waals surface area contributed by atoms with Crippen molar-refractivity contribution in [3.63, 3.8) is 0 Å². The molecule has 2 aliphatic rings. The Balaban J connectivity index is 0.786. The van der Waals surface area contributed by atoms with Gasteiger partial charge in [-0.05, 0) is 157 Å². The summed E-state index contributed by atoms with van der Waals surface area (Å²) >= 11 is 0. The Morgan fingerprint density at radius 3 is 0.882 bits per heavy atom. The molecule has 0 unspecified atom stereocenters. The fourth-order valence-corrected chi connectivity index (χ4v) is 11.9. The topological polar surface area (TPSA) is 0 Å². The molecule has 0 heterocycles. The molecule has 0 saturated carbocycles. The van der Waals surface area contributed by atoms with E-state index < -0.39 is 0 Å². The maximum atomic E-state index is 2.45. The lowest BCUT2D eigenvalue weighted by molar-refractivity contribution is 0.660. The Kier molecular flexibility index (Phi) is 9.02. The van der Waals surface area contributed by atoms with Crippen LogP contribution in [0.15, 0.2) is 231 Å². The van der Waals surface area contributed by atoms with E-state index >= 15 is 0 Å². The van der Waals surface area contributed by atoms with Crippen molar-refractivity contribution in [2.45, 2.75) is 38.5 Å². The molecule has 0 amide bonds. The highest BCUT2D eigenvalue weighted by molar-refractivity contribution is 6.02. The van der Waals surface area contributed by atoms with Crippen molar-refractivity contribution < 1.29 is 0 Å². The van der Waals surface area contributed by atoms with Crippen LogP contribution in [-0.4, -0.2) is 0 Å². The summed E-state index contributed by atoms with van der Waals surface area (Å²) in [4.78, 5) is 0. The first-order valence-corrected chi connectivity index (χ1v) is 24.1. The van der Waals surface area contributed by atoms with E-state index in [1.807, 2.05) is 0 Å². The molecule has 322 valence electrons. The number of benzene rings is 11. The molecule has 0 aliphatic heterocycles. The van der Waals surface area contributed by atoms with Crippen LogP contribution in [0.4, 0.5) is 0 Å². The smallest absolute Gasteiger partial charge is 0.0159 e. The highest BCUT2D eigenvalue weighted by Crippen LogP contribution is 2.53. The molecule has 0 saturated heterocycles. The van der Waals surface area contributed by atoms with Crippen molar-refractivity contribution in [1.82, 2.24) is 0 Å². The zero-order valence-electron chi connectivity index (χ0n) is 38.9. The van der Waals surface area contributed by atoms with E-state index in [1.54, 1.807) is 0 Å². The standard InChI is InChI=1S/C68H50/c1-67(2)63-39-47(31-35-59(63)61-37-33-49(41-65(61)67)53-21-9-11-23-55(53)57-25-13-17-45-15-5-7-19-51(45)57)43-27-29-44(30-28-43)48-32-36-60-62-38-34-50(42-66(62)68(3,4)64(60)40-48)54-22-10-12-24-56(54)58-26-14-18-46-16-6-8-20-52(46)58/h5-42H,1-4H3. The van der Waals surface area contributed by atoms with E-state index in [9.17, 15) is 0 Å². The summed E-state index contributed by atoms with van der Waals surface area (Å²) in [6, 6.07) is 86.2. The van der Waals surface area contributed by atoms with Gasteiger partial charge in [-0.3, -0.25) is 0 Å². The van der Waals surface area contributed by atoms with E-state index in [2.05, 4.69) is 258 Å². The average Bonchev–Trinajstić information content (AvgIpc) is 3.76. The van der Waals surface area contributed by atoms with E-state index in [0.717, 1.165) is 0 Å². The minimum Gasteiger partial charge on any atom is -0.0616 e. The van der Waals surface area contributed by atoms with Crippen LogP contribution in [0.25, 0.3) is 111 Å². The quantitative estimate of drug-likeness (QED) is 0.156. The summed E-state index contributed by atoms with van der Waals surface area (Å²) in [5.41, 5.74) is 25.7. The van der Waals surface area contributed by atoms with Crippen LogP contribution in [0.1, 0.15) is 49.9 Å². The Morgan fingerprint density at radius 1 is 0.206 bits per heavy atom. The van der Waals surface area contributed by atoms with E-state index in [4.69, 9.17) is 0 Å². The van der Waals surface area contributed by atoms with Gasteiger partial charge in [-0.1, -0.05) is 234 Å². The fourth-order valence-electron chi connectivity index (χ4n) is 11.9. The van der Waals surface area contributed by atoms with Gasteiger partial charge in [-0.25, -0.2) is 0 Å². The van der Waals surface area contributed by atoms with Crippen LogP contribution in [0.5, 0.6) is 0 Å². The zero-order valence-corrected chi connectivity index (χ0v) is 38.9. The van der Waals surface area contributed by atoms with Gasteiger partial charge in [0.1, 0.15) is 0 Å². The van der Waals surface area contributed by atoms with Crippen molar-refractivity contribution in [2.75, 3.05) is 0 Å². The molecule has 0 fully saturated rings. The molecule has 0 atom stereocenters. The third kappa shape index (κ3) is 6.21. The van der Waals surface area contributed by atoms with Crippen molar-refractivity contribution in [2.24, 2.45) is 0 Å². The van der Waals surface area contributed by atoms with Gasteiger partial charge in [0.25, 0.3) is 0 Å². The molecular formula is C68H50. The second-order valence-electron chi connectivity index (χ2n) is 20.0. The molecule has 13 rings (SSSR count). The lowest BCUT2D eigenvalue weighted by Gasteiger charge is -2.23. The summed E-state index contributed by atoms with van der Waals surface area (Å²) in [7, 11) is 0. The summed E-state index contributed by atoms with van der Waals surface area (Å²) in [5, 5.41) is 5.09. The molecule has 11 aromatic carbocycles. The van der Waals surface area contributed by atoms with Crippen molar-refractivity contribution in [1.29, 1.82) is 0 Å². The molecule has 0 spiro atoms. The van der Waals surface area contributed by atoms with Crippen LogP contribution < -0.4 is 0 Å². The first kappa shape index (κ1) is 40.2. The molecule has 68 heavy (non-hydrogen) atoms. The molecule has 2 aliphatic carbocycles. The van der Waals surface area contributed by atoms with Gasteiger partial charge in [0, 0.05) is 10.8 Å². The lowest BCUT2D eigenvalue weighted by atomic mass is 9.80. The molecule has 0 aromatic heterocycles. The minimum absolute atomic E-state index is 0.152. The van der Waals surface area contributed by atoms with Crippen LogP contribution in [0, 0.1) is 0 Å². The summed E-state index contributed by atoms with van der Waals surface area (Å²) < 4.78 is 0. The molecule has 0 N–H and O–H groups in total. The number of fused-ring (bicyclic) bond motifs is 8. The fraction of sp³-hybridized carbons (Fsp3) is 0.0882. The van der Waals surface area contributed by atoms with Gasteiger partial charge in [0.2, 0.25) is 0 Å². The summed E-state index contributed by atoms with van der Waals surface area (Å²) in [6.07, 6.45) is 0. The Morgan fingerprint density at radius 2 is 0.485 bits per heavy atom. The SMILES string of the molecule is CC1(C)c2cc(-c3ccc(-c4ccc5c(c4)C(C)(C)c4cc(-c6ccccc6-c6cccc7ccccc67)ccc4-5)cc3)ccc2-c2ccc(-c3ccccc3-c3cccc4ccccc34)cc21. The van der Waals surface area contributed by atoms with Gasteiger partial charge in [0.05, 0.1) is 0 Å². The van der Waals surface area contributed by atoms with Crippen LogP contribution >= 0.6 is 0 Å². The normalized spacial score (nSPS) is 13.8. The number of hydrogen-bond donors (Lipinski definition) is 0.